The van der Waals surface area contributed by atoms with Crippen LogP contribution in [0.5, 0.6) is 11.5 Å². The van der Waals surface area contributed by atoms with Gasteiger partial charge in [-0.15, -0.1) is 0 Å². The molecule has 1 N–H and O–H groups in total. The third-order valence-electron chi connectivity index (χ3n) is 3.81. The van der Waals surface area contributed by atoms with E-state index in [4.69, 9.17) is 9.47 Å². The molecule has 0 spiro atoms. The van der Waals surface area contributed by atoms with E-state index in [1.165, 1.54) is 25.0 Å². The molecule has 1 aromatic heterocycles. The van der Waals surface area contributed by atoms with Crippen molar-refractivity contribution in [2.45, 2.75) is 6.92 Å². The number of hydrogen-bond donors (Lipinski definition) is 1. The largest absolute Gasteiger partial charge is 0.493 e. The predicted molar refractivity (Wildman–Crippen MR) is 95.8 cm³/mol. The standard InChI is InChI=1S/C19H18FN3O3/c1-12-10-21-23(11-12)16-6-5-14(9-15(16)20)22-19(24)13-4-7-17(25-2)18(8-13)26-3/h4-11H,1-3H3,(H,22,24). The number of hydrogen-bond acceptors (Lipinski definition) is 4. The fraction of sp³-hybridized carbons (Fsp3) is 0.158. The molecule has 7 heteroatoms. The normalized spacial score (nSPS) is 10.5. The van der Waals surface area contributed by atoms with Crippen molar-refractivity contribution in [1.82, 2.24) is 9.78 Å². The number of carbonyl (C=O) groups excluding carboxylic acids is 1. The van der Waals surface area contributed by atoms with E-state index in [0.717, 1.165) is 5.56 Å². The minimum absolute atomic E-state index is 0.308. The van der Waals surface area contributed by atoms with Crippen molar-refractivity contribution < 1.29 is 18.7 Å². The molecule has 1 heterocycles. The molecule has 0 radical (unpaired) electrons. The summed E-state index contributed by atoms with van der Waals surface area (Å²) in [7, 11) is 3.01. The SMILES string of the molecule is COc1ccc(C(=O)Nc2ccc(-n3cc(C)cn3)c(F)c2)cc1OC. The Hall–Kier alpha value is -3.35. The lowest BCUT2D eigenvalue weighted by Gasteiger charge is -2.11. The maximum atomic E-state index is 14.4. The number of aromatic nitrogens is 2. The summed E-state index contributed by atoms with van der Waals surface area (Å²) in [5.74, 6) is 0.0935. The van der Waals surface area contributed by atoms with Gasteiger partial charge in [0.05, 0.1) is 20.4 Å². The molecule has 0 fully saturated rings. The molecule has 26 heavy (non-hydrogen) atoms. The number of halogens is 1. The van der Waals surface area contributed by atoms with E-state index >= 15 is 0 Å². The molecule has 0 saturated heterocycles. The second-order valence-corrected chi connectivity index (χ2v) is 5.65. The number of aryl methyl sites for hydroxylation is 1. The van der Waals surface area contributed by atoms with Gasteiger partial charge in [0.1, 0.15) is 5.69 Å². The summed E-state index contributed by atoms with van der Waals surface area (Å²) in [6.07, 6.45) is 3.37. The van der Waals surface area contributed by atoms with Crippen LogP contribution in [0.15, 0.2) is 48.8 Å². The van der Waals surface area contributed by atoms with Crippen LogP contribution in [0.3, 0.4) is 0 Å². The van der Waals surface area contributed by atoms with Crippen LogP contribution in [-0.4, -0.2) is 29.9 Å². The first-order valence-corrected chi connectivity index (χ1v) is 7.86. The fourth-order valence-electron chi connectivity index (χ4n) is 2.50. The van der Waals surface area contributed by atoms with Gasteiger partial charge in [-0.1, -0.05) is 0 Å². The van der Waals surface area contributed by atoms with Crippen molar-refractivity contribution >= 4 is 11.6 Å². The lowest BCUT2D eigenvalue weighted by molar-refractivity contribution is 0.102. The van der Waals surface area contributed by atoms with E-state index in [2.05, 4.69) is 10.4 Å². The Balaban J connectivity index is 1.80. The Morgan fingerprint density at radius 1 is 1.12 bits per heavy atom. The summed E-state index contributed by atoms with van der Waals surface area (Å²) in [5, 5.41) is 6.75. The van der Waals surface area contributed by atoms with E-state index in [-0.39, 0.29) is 5.91 Å². The molecule has 1 amide bonds. The van der Waals surface area contributed by atoms with E-state index < -0.39 is 5.82 Å². The van der Waals surface area contributed by atoms with Crippen LogP contribution < -0.4 is 14.8 Å². The molecule has 0 atom stereocenters. The summed E-state index contributed by atoms with van der Waals surface area (Å²) < 4.78 is 26.2. The average Bonchev–Trinajstić information content (AvgIpc) is 3.07. The Bertz CT molecular complexity index is 953. The minimum atomic E-state index is -0.488. The van der Waals surface area contributed by atoms with Crippen molar-refractivity contribution in [3.05, 3.63) is 65.7 Å². The third kappa shape index (κ3) is 3.51. The number of ether oxygens (including phenoxy) is 2. The molecular formula is C19H18FN3O3. The van der Waals surface area contributed by atoms with Crippen LogP contribution in [0.2, 0.25) is 0 Å². The molecule has 0 bridgehead atoms. The summed E-state index contributed by atoms with van der Waals surface area (Å²) in [6.45, 7) is 1.87. The maximum absolute atomic E-state index is 14.4. The maximum Gasteiger partial charge on any atom is 0.255 e. The molecule has 6 nitrogen and oxygen atoms in total. The van der Waals surface area contributed by atoms with Gasteiger partial charge in [0, 0.05) is 17.4 Å². The van der Waals surface area contributed by atoms with E-state index in [1.54, 1.807) is 42.7 Å². The van der Waals surface area contributed by atoms with Gasteiger partial charge in [-0.2, -0.15) is 5.10 Å². The number of amides is 1. The molecule has 0 aliphatic heterocycles. The second-order valence-electron chi connectivity index (χ2n) is 5.65. The monoisotopic (exact) mass is 355 g/mol. The summed E-state index contributed by atoms with van der Waals surface area (Å²) >= 11 is 0. The first kappa shape index (κ1) is 17.5. The molecule has 3 rings (SSSR count). The smallest absolute Gasteiger partial charge is 0.255 e. The topological polar surface area (TPSA) is 65.4 Å². The Morgan fingerprint density at radius 2 is 1.88 bits per heavy atom. The van der Waals surface area contributed by atoms with Gasteiger partial charge >= 0.3 is 0 Å². The highest BCUT2D eigenvalue weighted by molar-refractivity contribution is 6.04. The fourth-order valence-corrected chi connectivity index (χ4v) is 2.50. The Labute approximate surface area is 150 Å². The van der Waals surface area contributed by atoms with Crippen molar-refractivity contribution in [1.29, 1.82) is 0 Å². The highest BCUT2D eigenvalue weighted by Gasteiger charge is 2.13. The van der Waals surface area contributed by atoms with Gasteiger partial charge in [-0.05, 0) is 48.9 Å². The van der Waals surface area contributed by atoms with Crippen molar-refractivity contribution in [2.75, 3.05) is 19.5 Å². The third-order valence-corrected chi connectivity index (χ3v) is 3.81. The zero-order chi connectivity index (χ0) is 18.7. The van der Waals surface area contributed by atoms with Crippen molar-refractivity contribution in [3.63, 3.8) is 0 Å². The molecule has 3 aromatic rings. The van der Waals surface area contributed by atoms with Gasteiger partial charge in [0.25, 0.3) is 5.91 Å². The van der Waals surface area contributed by atoms with Gasteiger partial charge in [0.2, 0.25) is 0 Å². The van der Waals surface area contributed by atoms with Crippen LogP contribution >= 0.6 is 0 Å². The van der Waals surface area contributed by atoms with Gasteiger partial charge < -0.3 is 14.8 Å². The number of benzene rings is 2. The Morgan fingerprint density at radius 3 is 2.50 bits per heavy atom. The first-order chi connectivity index (χ1) is 12.5. The first-order valence-electron chi connectivity index (χ1n) is 7.86. The molecule has 0 aliphatic rings. The minimum Gasteiger partial charge on any atom is -0.493 e. The highest BCUT2D eigenvalue weighted by Crippen LogP contribution is 2.28. The molecule has 0 aliphatic carbocycles. The van der Waals surface area contributed by atoms with Crippen LogP contribution in [-0.2, 0) is 0 Å². The van der Waals surface area contributed by atoms with E-state index in [0.29, 0.717) is 28.4 Å². The molecular weight excluding hydrogens is 337 g/mol. The van der Waals surface area contributed by atoms with Crippen LogP contribution in [0.1, 0.15) is 15.9 Å². The number of nitrogens with zero attached hydrogens (tertiary/aromatic N) is 2. The molecule has 0 saturated carbocycles. The van der Waals surface area contributed by atoms with Gasteiger partial charge in [-0.25, -0.2) is 9.07 Å². The zero-order valence-electron chi connectivity index (χ0n) is 14.6. The summed E-state index contributed by atoms with van der Waals surface area (Å²) in [5.41, 5.74) is 1.95. The quantitative estimate of drug-likeness (QED) is 0.760. The molecule has 134 valence electrons. The molecule has 0 unspecified atom stereocenters. The van der Waals surface area contributed by atoms with Crippen LogP contribution in [0.25, 0.3) is 5.69 Å². The molecule has 2 aromatic carbocycles. The Kier molecular flexibility index (Phi) is 4.88. The van der Waals surface area contributed by atoms with Crippen LogP contribution in [0.4, 0.5) is 10.1 Å². The number of methoxy groups -OCH3 is 2. The van der Waals surface area contributed by atoms with Crippen molar-refractivity contribution in [2.24, 2.45) is 0 Å². The number of carbonyl (C=O) groups is 1. The van der Waals surface area contributed by atoms with E-state index in [1.807, 2.05) is 6.92 Å². The summed E-state index contributed by atoms with van der Waals surface area (Å²) in [6, 6.07) is 9.24. The number of rotatable bonds is 5. The highest BCUT2D eigenvalue weighted by atomic mass is 19.1. The van der Waals surface area contributed by atoms with Crippen molar-refractivity contribution in [3.8, 4) is 17.2 Å². The lowest BCUT2D eigenvalue weighted by Crippen LogP contribution is -2.12. The second kappa shape index (κ2) is 7.26. The predicted octanol–water partition coefficient (Wildman–Crippen LogP) is 3.59. The zero-order valence-corrected chi connectivity index (χ0v) is 14.6. The van der Waals surface area contributed by atoms with E-state index in [9.17, 15) is 9.18 Å². The van der Waals surface area contributed by atoms with Gasteiger partial charge in [0.15, 0.2) is 17.3 Å². The summed E-state index contributed by atoms with van der Waals surface area (Å²) in [4.78, 5) is 12.4. The van der Waals surface area contributed by atoms with Gasteiger partial charge in [-0.3, -0.25) is 4.79 Å². The lowest BCUT2D eigenvalue weighted by atomic mass is 10.1. The number of nitrogens with one attached hydrogen (secondary N) is 1. The number of anilines is 1. The average molecular weight is 355 g/mol. The van der Waals surface area contributed by atoms with Crippen LogP contribution in [0, 0.1) is 12.7 Å².